The van der Waals surface area contributed by atoms with Crippen molar-refractivity contribution in [3.8, 4) is 0 Å². The number of aliphatic hydroxyl groups excluding tert-OH is 2. The Labute approximate surface area is 287 Å². The number of carbonyl (C=O) groups is 2. The van der Waals surface area contributed by atoms with Crippen LogP contribution in [0.25, 0.3) is 0 Å². The number of unbranched alkanes of at least 4 members (excludes halogenated alkanes) is 2. The van der Waals surface area contributed by atoms with Crippen LogP contribution < -0.4 is 0 Å². The molecule has 1 heterocycles. The number of hydrogen-bond donors (Lipinski definition) is 2. The topological polar surface area (TPSA) is 115 Å². The van der Waals surface area contributed by atoms with Gasteiger partial charge in [0.2, 0.25) is 0 Å². The minimum absolute atomic E-state index is 0.213. The molecule has 0 aromatic heterocycles. The zero-order valence-corrected chi connectivity index (χ0v) is 27.4. The van der Waals surface area contributed by atoms with Crippen LogP contribution in [0.5, 0.6) is 0 Å². The molecule has 256 valence electrons. The Morgan fingerprint density at radius 2 is 0.857 bits per heavy atom. The minimum atomic E-state index is -1.31. The number of imide groups is 1. The van der Waals surface area contributed by atoms with Gasteiger partial charge in [0, 0.05) is 13.2 Å². The quantitative estimate of drug-likeness (QED) is 0.122. The Kier molecular flexibility index (Phi) is 12.0. The van der Waals surface area contributed by atoms with Crippen LogP contribution in [-0.2, 0) is 38.8 Å². The zero-order valence-electron chi connectivity index (χ0n) is 27.4. The second kappa shape index (κ2) is 16.9. The van der Waals surface area contributed by atoms with Gasteiger partial charge in [0.05, 0.1) is 30.9 Å². The van der Waals surface area contributed by atoms with Crippen molar-refractivity contribution >= 4 is 11.8 Å². The number of amides is 2. The van der Waals surface area contributed by atoms with E-state index in [2.05, 4.69) is 0 Å². The van der Waals surface area contributed by atoms with Crippen molar-refractivity contribution in [3.63, 3.8) is 0 Å². The van der Waals surface area contributed by atoms with E-state index in [1.165, 1.54) is 4.90 Å². The first-order chi connectivity index (χ1) is 24.0. The second-order valence-electron chi connectivity index (χ2n) is 12.5. The fourth-order valence-electron chi connectivity index (χ4n) is 6.43. The third-order valence-corrected chi connectivity index (χ3v) is 9.06. The first kappa shape index (κ1) is 34.6. The number of hydrogen-bond acceptors (Lipinski definition) is 8. The van der Waals surface area contributed by atoms with Gasteiger partial charge in [-0.1, -0.05) is 103 Å². The molecule has 4 aromatic rings. The molecule has 6 atom stereocenters. The van der Waals surface area contributed by atoms with Crippen LogP contribution in [-0.4, -0.2) is 76.7 Å². The SMILES string of the molecule is O=C1c2ccccc2C(=O)N1CCCCCO[C@H]1[C@@H](O)[C@@H](O)[C@H](OCc2ccccc2)[C@@H](OCc2ccccc2)[C@@H]1OCc1ccccc1. The third-order valence-electron chi connectivity index (χ3n) is 9.06. The maximum atomic E-state index is 12.7. The number of ether oxygens (including phenoxy) is 4. The molecular weight excluding hydrogens is 622 g/mol. The van der Waals surface area contributed by atoms with Crippen molar-refractivity contribution < 1.29 is 38.7 Å². The summed E-state index contributed by atoms with van der Waals surface area (Å²) in [6, 6.07) is 36.0. The van der Waals surface area contributed by atoms with E-state index < -0.39 is 36.6 Å². The normalized spacial score (nSPS) is 23.5. The van der Waals surface area contributed by atoms with Crippen molar-refractivity contribution in [2.45, 2.75) is 75.7 Å². The van der Waals surface area contributed by atoms with Crippen LogP contribution in [0.4, 0.5) is 0 Å². The molecule has 2 aliphatic rings. The number of carbonyl (C=O) groups excluding carboxylic acids is 2. The monoisotopic (exact) mass is 665 g/mol. The summed E-state index contributed by atoms with van der Waals surface area (Å²) in [5.74, 6) is -0.527. The van der Waals surface area contributed by atoms with Gasteiger partial charge in [-0.15, -0.1) is 0 Å². The first-order valence-corrected chi connectivity index (χ1v) is 16.9. The average Bonchev–Trinajstić information content (AvgIpc) is 3.39. The Hall–Kier alpha value is -4.22. The van der Waals surface area contributed by atoms with Crippen molar-refractivity contribution in [2.24, 2.45) is 0 Å². The van der Waals surface area contributed by atoms with E-state index in [4.69, 9.17) is 18.9 Å². The lowest BCUT2D eigenvalue weighted by atomic mass is 9.84. The van der Waals surface area contributed by atoms with Crippen LogP contribution in [0.1, 0.15) is 56.7 Å². The Morgan fingerprint density at radius 3 is 1.31 bits per heavy atom. The number of nitrogens with zero attached hydrogens (tertiary/aromatic N) is 1. The van der Waals surface area contributed by atoms with E-state index in [1.807, 2.05) is 91.0 Å². The summed E-state index contributed by atoms with van der Waals surface area (Å²) in [6.07, 6.45) is -4.08. The molecular formula is C40H43NO8. The highest BCUT2D eigenvalue weighted by Gasteiger charge is 2.52. The molecule has 9 heteroatoms. The molecule has 49 heavy (non-hydrogen) atoms. The minimum Gasteiger partial charge on any atom is -0.387 e. The molecule has 6 rings (SSSR count). The van der Waals surface area contributed by atoms with E-state index in [0.29, 0.717) is 36.9 Å². The maximum Gasteiger partial charge on any atom is 0.261 e. The van der Waals surface area contributed by atoms with Gasteiger partial charge in [0.15, 0.2) is 0 Å². The summed E-state index contributed by atoms with van der Waals surface area (Å²) >= 11 is 0. The van der Waals surface area contributed by atoms with Crippen molar-refractivity contribution in [1.29, 1.82) is 0 Å². The maximum absolute atomic E-state index is 12.7. The molecule has 1 aliphatic heterocycles. The van der Waals surface area contributed by atoms with E-state index in [-0.39, 0.29) is 38.2 Å². The predicted molar refractivity (Wildman–Crippen MR) is 182 cm³/mol. The lowest BCUT2D eigenvalue weighted by Crippen LogP contribution is -2.66. The highest BCUT2D eigenvalue weighted by Crippen LogP contribution is 2.32. The van der Waals surface area contributed by atoms with Gasteiger partial charge in [-0.2, -0.15) is 0 Å². The third kappa shape index (κ3) is 8.51. The molecule has 0 saturated heterocycles. The largest absolute Gasteiger partial charge is 0.387 e. The van der Waals surface area contributed by atoms with Crippen molar-refractivity contribution in [1.82, 2.24) is 4.90 Å². The van der Waals surface area contributed by atoms with Crippen LogP contribution in [0.15, 0.2) is 115 Å². The molecule has 2 N–H and O–H groups in total. The van der Waals surface area contributed by atoms with E-state index in [1.54, 1.807) is 24.3 Å². The van der Waals surface area contributed by atoms with Gasteiger partial charge >= 0.3 is 0 Å². The highest BCUT2D eigenvalue weighted by atomic mass is 16.6. The number of aliphatic hydroxyl groups is 2. The van der Waals surface area contributed by atoms with Gasteiger partial charge in [0.25, 0.3) is 11.8 Å². The van der Waals surface area contributed by atoms with Crippen LogP contribution in [0.3, 0.4) is 0 Å². The van der Waals surface area contributed by atoms with Gasteiger partial charge < -0.3 is 29.2 Å². The van der Waals surface area contributed by atoms with Gasteiger partial charge in [-0.3, -0.25) is 14.5 Å². The second-order valence-corrected chi connectivity index (χ2v) is 12.5. The van der Waals surface area contributed by atoms with E-state index >= 15 is 0 Å². The number of benzene rings is 4. The lowest BCUT2D eigenvalue weighted by molar-refractivity contribution is -0.272. The standard InChI is InChI=1S/C40H43NO8/c42-33-34(43)36(47-25-28-15-5-1-6-16-28)38(49-27-30-19-9-3-10-20-30)37(48-26-29-17-7-2-8-18-29)35(33)46-24-14-4-13-23-41-39(44)31-21-11-12-22-32(31)40(41)45/h1-3,5-12,15-22,33-38,42-43H,4,13-14,23-27H2/t33-,34+,35-,36-,37+,38+/m0/s1. The Bertz CT molecular complexity index is 1600. The predicted octanol–water partition coefficient (Wildman–Crippen LogP) is 5.33. The average molecular weight is 666 g/mol. The molecule has 9 nitrogen and oxygen atoms in total. The van der Waals surface area contributed by atoms with E-state index in [9.17, 15) is 19.8 Å². The Morgan fingerprint density at radius 1 is 0.469 bits per heavy atom. The number of fused-ring (bicyclic) bond motifs is 1. The molecule has 4 aromatic carbocycles. The fraction of sp³-hybridized carbons (Fsp3) is 0.350. The molecule has 1 saturated carbocycles. The van der Waals surface area contributed by atoms with Gasteiger partial charge in [-0.05, 0) is 48.1 Å². The molecule has 1 fully saturated rings. The zero-order chi connectivity index (χ0) is 34.0. The molecule has 0 spiro atoms. The van der Waals surface area contributed by atoms with Crippen LogP contribution >= 0.6 is 0 Å². The summed E-state index contributed by atoms with van der Waals surface area (Å²) < 4.78 is 25.6. The highest BCUT2D eigenvalue weighted by molar-refractivity contribution is 6.21. The lowest BCUT2D eigenvalue weighted by Gasteiger charge is -2.47. The van der Waals surface area contributed by atoms with Crippen LogP contribution in [0.2, 0.25) is 0 Å². The molecule has 1 aliphatic carbocycles. The van der Waals surface area contributed by atoms with Gasteiger partial charge in [-0.25, -0.2) is 0 Å². The van der Waals surface area contributed by atoms with Crippen molar-refractivity contribution in [3.05, 3.63) is 143 Å². The summed E-state index contributed by atoms with van der Waals surface area (Å²) in [5, 5.41) is 23.0. The first-order valence-electron chi connectivity index (χ1n) is 16.9. The molecule has 0 radical (unpaired) electrons. The molecule has 2 amide bonds. The smallest absolute Gasteiger partial charge is 0.261 e. The summed E-state index contributed by atoms with van der Waals surface area (Å²) in [7, 11) is 0. The molecule has 0 unspecified atom stereocenters. The summed E-state index contributed by atoms with van der Waals surface area (Å²) in [5.41, 5.74) is 3.70. The summed E-state index contributed by atoms with van der Waals surface area (Å²) in [4.78, 5) is 26.7. The number of rotatable bonds is 16. The van der Waals surface area contributed by atoms with Crippen LogP contribution in [0, 0.1) is 0 Å². The fourth-order valence-corrected chi connectivity index (χ4v) is 6.43. The molecule has 0 bridgehead atoms. The van der Waals surface area contributed by atoms with Gasteiger partial charge in [0.1, 0.15) is 36.6 Å². The van der Waals surface area contributed by atoms with Crippen molar-refractivity contribution in [2.75, 3.05) is 13.2 Å². The summed E-state index contributed by atoms with van der Waals surface area (Å²) in [6.45, 7) is 1.28. The Balaban J connectivity index is 1.13. The van der Waals surface area contributed by atoms with E-state index in [0.717, 1.165) is 16.7 Å².